The van der Waals surface area contributed by atoms with Crippen LogP contribution in [0.4, 0.5) is 5.69 Å². The number of aryl methyl sites for hydroxylation is 1. The van der Waals surface area contributed by atoms with Crippen molar-refractivity contribution < 1.29 is 23.8 Å². The first-order valence-corrected chi connectivity index (χ1v) is 9.38. The van der Waals surface area contributed by atoms with Gasteiger partial charge in [0.05, 0.1) is 19.9 Å². The van der Waals surface area contributed by atoms with Gasteiger partial charge in [0.15, 0.2) is 0 Å². The van der Waals surface area contributed by atoms with Gasteiger partial charge in [0, 0.05) is 5.56 Å². The Hall–Kier alpha value is -3.80. The molecule has 0 unspecified atom stereocenters. The van der Waals surface area contributed by atoms with Crippen molar-refractivity contribution in [2.24, 2.45) is 0 Å². The molecule has 1 N–H and O–H groups in total. The fraction of sp³-hybridized carbons (Fsp3) is 0.167. The van der Waals surface area contributed by atoms with Crippen molar-refractivity contribution in [2.45, 2.75) is 13.0 Å². The van der Waals surface area contributed by atoms with E-state index in [0.29, 0.717) is 22.7 Å². The quantitative estimate of drug-likeness (QED) is 0.584. The standard InChI is InChI=1S/C24H23NO5/c1-16-13-14-21(29-3)19(15-16)25-23(26)22(17-9-5-4-6-10-17)30-24(27)18-11-7-8-12-20(18)28-2/h4-15,22H,1-3H3,(H,25,26)/t22-/m0/s1. The molecule has 6 heteroatoms. The summed E-state index contributed by atoms with van der Waals surface area (Å²) in [5, 5.41) is 2.81. The van der Waals surface area contributed by atoms with E-state index in [1.54, 1.807) is 60.7 Å². The second kappa shape index (κ2) is 9.60. The molecule has 0 bridgehead atoms. The minimum atomic E-state index is -1.16. The summed E-state index contributed by atoms with van der Waals surface area (Å²) in [4.78, 5) is 26.0. The monoisotopic (exact) mass is 405 g/mol. The summed E-state index contributed by atoms with van der Waals surface area (Å²) in [6.45, 7) is 1.91. The smallest absolute Gasteiger partial charge is 0.343 e. The Morgan fingerprint density at radius 3 is 2.20 bits per heavy atom. The van der Waals surface area contributed by atoms with Crippen LogP contribution in [0.5, 0.6) is 11.5 Å². The largest absolute Gasteiger partial charge is 0.496 e. The number of esters is 1. The minimum Gasteiger partial charge on any atom is -0.496 e. The van der Waals surface area contributed by atoms with Gasteiger partial charge in [-0.3, -0.25) is 4.79 Å². The molecular weight excluding hydrogens is 382 g/mol. The van der Waals surface area contributed by atoms with Crippen LogP contribution in [0.25, 0.3) is 0 Å². The highest BCUT2D eigenvalue weighted by atomic mass is 16.6. The van der Waals surface area contributed by atoms with Crippen LogP contribution in [0.15, 0.2) is 72.8 Å². The maximum atomic E-state index is 13.1. The third-order valence-corrected chi connectivity index (χ3v) is 4.51. The van der Waals surface area contributed by atoms with E-state index < -0.39 is 18.0 Å². The highest BCUT2D eigenvalue weighted by Crippen LogP contribution is 2.29. The normalized spacial score (nSPS) is 11.3. The number of nitrogens with one attached hydrogen (secondary N) is 1. The van der Waals surface area contributed by atoms with E-state index in [-0.39, 0.29) is 5.56 Å². The molecule has 3 aromatic rings. The lowest BCUT2D eigenvalue weighted by atomic mass is 10.1. The maximum Gasteiger partial charge on any atom is 0.343 e. The number of amides is 1. The molecule has 0 aliphatic heterocycles. The number of hydrogen-bond donors (Lipinski definition) is 1. The van der Waals surface area contributed by atoms with Crippen molar-refractivity contribution in [2.75, 3.05) is 19.5 Å². The van der Waals surface area contributed by atoms with E-state index >= 15 is 0 Å². The zero-order chi connectivity index (χ0) is 21.5. The number of methoxy groups -OCH3 is 2. The SMILES string of the molecule is COc1ccc(C)cc1NC(=O)[C@@H](OC(=O)c1ccccc1OC)c1ccccc1. The Bertz CT molecular complexity index is 1030. The Morgan fingerprint density at radius 1 is 0.833 bits per heavy atom. The number of ether oxygens (including phenoxy) is 3. The summed E-state index contributed by atoms with van der Waals surface area (Å²) in [5.41, 5.74) is 2.23. The average molecular weight is 405 g/mol. The molecule has 30 heavy (non-hydrogen) atoms. The Morgan fingerprint density at radius 2 is 1.50 bits per heavy atom. The van der Waals surface area contributed by atoms with E-state index in [1.165, 1.54) is 14.2 Å². The van der Waals surface area contributed by atoms with Crippen LogP contribution in [-0.4, -0.2) is 26.1 Å². The summed E-state index contributed by atoms with van der Waals surface area (Å²) < 4.78 is 16.2. The lowest BCUT2D eigenvalue weighted by Gasteiger charge is -2.20. The average Bonchev–Trinajstić information content (AvgIpc) is 2.78. The lowest BCUT2D eigenvalue weighted by molar-refractivity contribution is -0.125. The van der Waals surface area contributed by atoms with Crippen molar-refractivity contribution in [1.82, 2.24) is 0 Å². The molecule has 0 aliphatic rings. The number of hydrogen-bond acceptors (Lipinski definition) is 5. The van der Waals surface area contributed by atoms with Crippen LogP contribution < -0.4 is 14.8 Å². The third kappa shape index (κ3) is 4.78. The molecule has 1 amide bonds. The first-order valence-electron chi connectivity index (χ1n) is 9.38. The second-order valence-electron chi connectivity index (χ2n) is 6.59. The van der Waals surface area contributed by atoms with Gasteiger partial charge in [0.2, 0.25) is 6.10 Å². The van der Waals surface area contributed by atoms with Crippen molar-refractivity contribution in [1.29, 1.82) is 0 Å². The van der Waals surface area contributed by atoms with E-state index in [1.807, 2.05) is 19.1 Å². The molecule has 0 fully saturated rings. The number of rotatable bonds is 7. The van der Waals surface area contributed by atoms with Gasteiger partial charge in [-0.1, -0.05) is 48.5 Å². The van der Waals surface area contributed by atoms with E-state index in [0.717, 1.165) is 5.56 Å². The van der Waals surface area contributed by atoms with Crippen molar-refractivity contribution in [3.8, 4) is 11.5 Å². The number of anilines is 1. The van der Waals surface area contributed by atoms with Crippen LogP contribution in [0.2, 0.25) is 0 Å². The van der Waals surface area contributed by atoms with Gasteiger partial charge in [-0.25, -0.2) is 4.79 Å². The van der Waals surface area contributed by atoms with Crippen molar-refractivity contribution in [3.63, 3.8) is 0 Å². The summed E-state index contributed by atoms with van der Waals surface area (Å²) in [5.74, 6) is -0.270. The summed E-state index contributed by atoms with van der Waals surface area (Å²) in [6, 6.07) is 21.0. The molecule has 0 aromatic heterocycles. The Kier molecular flexibility index (Phi) is 6.70. The molecule has 6 nitrogen and oxygen atoms in total. The molecule has 1 atom stereocenters. The van der Waals surface area contributed by atoms with Crippen LogP contribution >= 0.6 is 0 Å². The summed E-state index contributed by atoms with van der Waals surface area (Å²) in [7, 11) is 2.99. The number of para-hydroxylation sites is 1. The molecule has 0 heterocycles. The fourth-order valence-electron chi connectivity index (χ4n) is 3.00. The highest BCUT2D eigenvalue weighted by molar-refractivity contribution is 5.99. The van der Waals surface area contributed by atoms with E-state index in [2.05, 4.69) is 5.32 Å². The molecule has 0 aliphatic carbocycles. The van der Waals surface area contributed by atoms with Gasteiger partial charge in [-0.15, -0.1) is 0 Å². The predicted molar refractivity (Wildman–Crippen MR) is 114 cm³/mol. The van der Waals surface area contributed by atoms with Gasteiger partial charge in [-0.05, 0) is 36.8 Å². The number of benzene rings is 3. The highest BCUT2D eigenvalue weighted by Gasteiger charge is 2.27. The molecular formula is C24H23NO5. The third-order valence-electron chi connectivity index (χ3n) is 4.51. The van der Waals surface area contributed by atoms with Crippen LogP contribution in [0, 0.1) is 6.92 Å². The van der Waals surface area contributed by atoms with Crippen LogP contribution in [0.3, 0.4) is 0 Å². The topological polar surface area (TPSA) is 73.9 Å². The van der Waals surface area contributed by atoms with E-state index in [4.69, 9.17) is 14.2 Å². The van der Waals surface area contributed by atoms with Crippen LogP contribution in [0.1, 0.15) is 27.6 Å². The molecule has 0 saturated carbocycles. The second-order valence-corrected chi connectivity index (χ2v) is 6.59. The maximum absolute atomic E-state index is 13.1. The molecule has 0 saturated heterocycles. The summed E-state index contributed by atoms with van der Waals surface area (Å²) in [6.07, 6.45) is -1.16. The van der Waals surface area contributed by atoms with Gasteiger partial charge < -0.3 is 19.5 Å². The van der Waals surface area contributed by atoms with Crippen molar-refractivity contribution in [3.05, 3.63) is 89.5 Å². The molecule has 3 aromatic carbocycles. The predicted octanol–water partition coefficient (Wildman–Crippen LogP) is 4.55. The van der Waals surface area contributed by atoms with Gasteiger partial charge >= 0.3 is 5.97 Å². The van der Waals surface area contributed by atoms with Gasteiger partial charge in [0.25, 0.3) is 5.91 Å². The number of carbonyl (C=O) groups is 2. The van der Waals surface area contributed by atoms with Crippen molar-refractivity contribution >= 4 is 17.6 Å². The molecule has 0 radical (unpaired) electrons. The number of carbonyl (C=O) groups excluding carboxylic acids is 2. The van der Waals surface area contributed by atoms with Gasteiger partial charge in [0.1, 0.15) is 17.1 Å². The molecule has 0 spiro atoms. The Balaban J connectivity index is 1.91. The zero-order valence-electron chi connectivity index (χ0n) is 17.0. The van der Waals surface area contributed by atoms with Crippen LogP contribution in [-0.2, 0) is 9.53 Å². The fourth-order valence-corrected chi connectivity index (χ4v) is 3.00. The zero-order valence-corrected chi connectivity index (χ0v) is 17.0. The molecule has 3 rings (SSSR count). The first kappa shape index (κ1) is 20.9. The Labute approximate surface area is 175 Å². The van der Waals surface area contributed by atoms with E-state index in [9.17, 15) is 9.59 Å². The molecule has 154 valence electrons. The summed E-state index contributed by atoms with van der Waals surface area (Å²) >= 11 is 0. The first-order chi connectivity index (χ1) is 14.5. The minimum absolute atomic E-state index is 0.238. The van der Waals surface area contributed by atoms with Gasteiger partial charge in [-0.2, -0.15) is 0 Å². The lowest BCUT2D eigenvalue weighted by Crippen LogP contribution is -2.26.